The van der Waals surface area contributed by atoms with E-state index < -0.39 is 35.2 Å². The first kappa shape index (κ1) is 62.3. The van der Waals surface area contributed by atoms with Crippen molar-refractivity contribution in [1.29, 1.82) is 0 Å². The minimum absolute atomic E-state index is 0.598. The third-order valence-corrected chi connectivity index (χ3v) is 19.7. The standard InChI is InChI=1S/C90H55F9N2/c1-54-12-14-55(15-13-54)65-28-44-82-76(48-65)77-49-66(56-16-32-69(33-17-56)88(91,92)93)29-45-83(77)100(82)72-38-22-59(23-39-72)63-26-42-74-80(52-63)86(61-8-4-2-5-9-61)75-43-27-64(53-81(75)87(74)62-10-6-3-7-11-62)60-24-40-73(41-25-60)101-84-46-30-67(57-18-34-70(35-19-57)89(94,95)96)50-78(84)79-51-68(31-47-85(79)101)58-20-36-71(37-21-58)90(97,98)99/h2-53H,1H3. The molecule has 0 saturated carbocycles. The second-order valence-corrected chi connectivity index (χ2v) is 25.8. The first-order chi connectivity index (χ1) is 48.8. The number of fused-ring (bicyclic) bond motifs is 8. The zero-order valence-electron chi connectivity index (χ0n) is 53.8. The average molecular weight is 1340 g/mol. The van der Waals surface area contributed by atoms with Crippen molar-refractivity contribution in [3.63, 3.8) is 0 Å². The fourth-order valence-electron chi connectivity index (χ4n) is 14.6. The summed E-state index contributed by atoms with van der Waals surface area (Å²) in [7, 11) is 0. The smallest absolute Gasteiger partial charge is 0.309 e. The third kappa shape index (κ3) is 11.2. The average Bonchev–Trinajstić information content (AvgIpc) is 1.72. The van der Waals surface area contributed by atoms with Crippen molar-refractivity contribution in [3.8, 4) is 100 Å². The number of hydrogen-bond donors (Lipinski definition) is 0. The summed E-state index contributed by atoms with van der Waals surface area (Å²) < 4.78 is 127. The Morgan fingerprint density at radius 3 is 0.693 bits per heavy atom. The first-order valence-electron chi connectivity index (χ1n) is 33.0. The lowest BCUT2D eigenvalue weighted by atomic mass is 9.84. The van der Waals surface area contributed by atoms with Crippen molar-refractivity contribution in [2.75, 3.05) is 0 Å². The van der Waals surface area contributed by atoms with Gasteiger partial charge < -0.3 is 9.13 Å². The number of alkyl halides is 9. The van der Waals surface area contributed by atoms with Crippen LogP contribution in [0.5, 0.6) is 0 Å². The van der Waals surface area contributed by atoms with Crippen LogP contribution in [-0.2, 0) is 18.5 Å². The van der Waals surface area contributed by atoms with Crippen LogP contribution in [0.1, 0.15) is 22.3 Å². The van der Waals surface area contributed by atoms with Gasteiger partial charge in [-0.15, -0.1) is 0 Å². The lowest BCUT2D eigenvalue weighted by Gasteiger charge is -2.20. The molecular formula is C90H55F9N2. The summed E-state index contributed by atoms with van der Waals surface area (Å²) in [5.41, 5.74) is 18.9. The second-order valence-electron chi connectivity index (χ2n) is 25.8. The highest BCUT2D eigenvalue weighted by Crippen LogP contribution is 2.48. The number of rotatable bonds is 10. The van der Waals surface area contributed by atoms with Crippen LogP contribution in [0.25, 0.3) is 166 Å². The van der Waals surface area contributed by atoms with Gasteiger partial charge in [-0.3, -0.25) is 0 Å². The molecule has 0 saturated heterocycles. The van der Waals surface area contributed by atoms with Crippen LogP contribution in [0, 0.1) is 6.92 Å². The van der Waals surface area contributed by atoms with Gasteiger partial charge in [0.05, 0.1) is 38.8 Å². The predicted octanol–water partition coefficient (Wildman–Crippen LogP) is 26.9. The molecule has 0 aliphatic rings. The van der Waals surface area contributed by atoms with Crippen molar-refractivity contribution >= 4 is 65.2 Å². The van der Waals surface area contributed by atoms with Gasteiger partial charge in [0.25, 0.3) is 0 Å². The second kappa shape index (κ2) is 24.1. The minimum Gasteiger partial charge on any atom is -0.309 e. The van der Waals surface area contributed by atoms with E-state index in [4.69, 9.17) is 0 Å². The lowest BCUT2D eigenvalue weighted by molar-refractivity contribution is -0.138. The lowest BCUT2D eigenvalue weighted by Crippen LogP contribution is -2.03. The van der Waals surface area contributed by atoms with Crippen molar-refractivity contribution < 1.29 is 39.5 Å². The monoisotopic (exact) mass is 1330 g/mol. The Bertz CT molecular complexity index is 5950. The van der Waals surface area contributed by atoms with Gasteiger partial charge in [0.1, 0.15) is 0 Å². The topological polar surface area (TPSA) is 9.86 Å². The van der Waals surface area contributed by atoms with Gasteiger partial charge in [-0.1, -0.05) is 200 Å². The molecule has 0 fully saturated rings. The Balaban J connectivity index is 0.760. The van der Waals surface area contributed by atoms with Crippen LogP contribution in [-0.4, -0.2) is 9.13 Å². The number of hydrogen-bond acceptors (Lipinski definition) is 0. The molecule has 0 bridgehead atoms. The van der Waals surface area contributed by atoms with E-state index in [2.05, 4.69) is 204 Å². The predicted molar refractivity (Wildman–Crippen MR) is 393 cm³/mol. The van der Waals surface area contributed by atoms with E-state index in [-0.39, 0.29) is 0 Å². The van der Waals surface area contributed by atoms with E-state index in [1.54, 1.807) is 0 Å². The largest absolute Gasteiger partial charge is 0.416 e. The molecular weight excluding hydrogens is 1280 g/mol. The number of benzene rings is 15. The minimum atomic E-state index is -4.49. The summed E-state index contributed by atoms with van der Waals surface area (Å²) in [5, 5.41) is 7.93. The SMILES string of the molecule is Cc1ccc(-c2ccc3c(c2)c2cc(-c4ccc(C(F)(F)F)cc4)ccc2n3-c2ccc(-c3ccc4c(-c5ccccc5)c5cc(-c6ccc(-n7c8ccc(-c9ccc(C(F)(F)F)cc9)cc8c8cc(-c9ccc(C(F)(F)F)cc9)ccc87)cc6)ccc5c(-c5ccccc5)c4c3)cc2)cc1. The fraction of sp³-hybridized carbons (Fsp3) is 0.0444. The molecule has 15 aromatic carbocycles. The molecule has 0 amide bonds. The molecule has 17 aromatic rings. The van der Waals surface area contributed by atoms with Gasteiger partial charge in [0.2, 0.25) is 0 Å². The summed E-state index contributed by atoms with van der Waals surface area (Å²) >= 11 is 0. The molecule has 0 aliphatic heterocycles. The maximum absolute atomic E-state index is 13.7. The summed E-state index contributed by atoms with van der Waals surface area (Å²) in [6, 6.07) is 99.5. The van der Waals surface area contributed by atoms with E-state index in [9.17, 15) is 39.5 Å². The number of aromatic nitrogens is 2. The van der Waals surface area contributed by atoms with E-state index in [1.807, 2.05) is 54.6 Å². The van der Waals surface area contributed by atoms with E-state index in [0.29, 0.717) is 27.8 Å². The first-order valence-corrected chi connectivity index (χ1v) is 33.0. The summed E-state index contributed by atoms with van der Waals surface area (Å²) in [6.07, 6.45) is -13.4. The van der Waals surface area contributed by atoms with Crippen LogP contribution in [0.3, 0.4) is 0 Å². The van der Waals surface area contributed by atoms with Crippen LogP contribution < -0.4 is 0 Å². The molecule has 101 heavy (non-hydrogen) atoms. The van der Waals surface area contributed by atoms with E-state index in [1.165, 1.54) is 36.4 Å². The molecule has 2 heterocycles. The number of halogens is 9. The zero-order valence-corrected chi connectivity index (χ0v) is 53.8. The molecule has 488 valence electrons. The summed E-state index contributed by atoms with van der Waals surface area (Å²) in [5.74, 6) is 0. The number of aryl methyl sites for hydroxylation is 1. The molecule has 0 atom stereocenters. The molecule has 2 aromatic heterocycles. The van der Waals surface area contributed by atoms with Crippen LogP contribution in [0.4, 0.5) is 39.5 Å². The third-order valence-electron chi connectivity index (χ3n) is 19.7. The quantitative estimate of drug-likeness (QED) is 0.0954. The van der Waals surface area contributed by atoms with E-state index >= 15 is 0 Å². The molecule has 0 aliphatic carbocycles. The maximum Gasteiger partial charge on any atom is 0.416 e. The normalized spacial score (nSPS) is 12.3. The van der Waals surface area contributed by atoms with Gasteiger partial charge in [-0.2, -0.15) is 39.5 Å². The fourth-order valence-corrected chi connectivity index (χ4v) is 14.6. The van der Waals surface area contributed by atoms with Crippen molar-refractivity contribution in [1.82, 2.24) is 9.13 Å². The van der Waals surface area contributed by atoms with Gasteiger partial charge in [0.15, 0.2) is 0 Å². The molecule has 17 rings (SSSR count). The Labute approximate surface area is 574 Å². The molecule has 2 nitrogen and oxygen atoms in total. The highest BCUT2D eigenvalue weighted by Gasteiger charge is 2.32. The molecule has 0 unspecified atom stereocenters. The Hall–Kier alpha value is -12.2. The zero-order chi connectivity index (χ0) is 69.1. The van der Waals surface area contributed by atoms with Crippen molar-refractivity contribution in [2.24, 2.45) is 0 Å². The molecule has 0 N–H and O–H groups in total. The highest BCUT2D eigenvalue weighted by atomic mass is 19.4. The Morgan fingerprint density at radius 2 is 0.426 bits per heavy atom. The van der Waals surface area contributed by atoms with Gasteiger partial charge in [0, 0.05) is 32.9 Å². The van der Waals surface area contributed by atoms with Crippen LogP contribution >= 0.6 is 0 Å². The molecule has 0 radical (unpaired) electrons. The van der Waals surface area contributed by atoms with Gasteiger partial charge >= 0.3 is 18.5 Å². The van der Waals surface area contributed by atoms with Gasteiger partial charge in [-0.05, 0) is 239 Å². The maximum atomic E-state index is 13.7. The van der Waals surface area contributed by atoms with Gasteiger partial charge in [-0.25, -0.2) is 0 Å². The highest BCUT2D eigenvalue weighted by molar-refractivity contribution is 6.23. The summed E-state index contributed by atoms with van der Waals surface area (Å²) in [6.45, 7) is 2.06. The molecule has 0 spiro atoms. The number of nitrogens with zero attached hydrogens (tertiary/aromatic N) is 2. The molecule has 11 heteroatoms. The van der Waals surface area contributed by atoms with Crippen molar-refractivity contribution in [2.45, 2.75) is 25.5 Å². The summed E-state index contributed by atoms with van der Waals surface area (Å²) in [4.78, 5) is 0. The van der Waals surface area contributed by atoms with Crippen molar-refractivity contribution in [3.05, 3.63) is 338 Å². The van der Waals surface area contributed by atoms with E-state index in [0.717, 1.165) is 180 Å². The Kier molecular flexibility index (Phi) is 14.8. The van der Waals surface area contributed by atoms with Crippen LogP contribution in [0.15, 0.2) is 315 Å². The Morgan fingerprint density at radius 1 is 0.198 bits per heavy atom. The van der Waals surface area contributed by atoms with Crippen LogP contribution in [0.2, 0.25) is 0 Å².